The van der Waals surface area contributed by atoms with Crippen LogP contribution in [0.5, 0.6) is 0 Å². The van der Waals surface area contributed by atoms with Gasteiger partial charge >= 0.3 is 0 Å². The van der Waals surface area contributed by atoms with Gasteiger partial charge < -0.3 is 11.1 Å². The summed E-state index contributed by atoms with van der Waals surface area (Å²) in [6.45, 7) is 11.8. The molecule has 0 radical (unpaired) electrons. The Hall–Kier alpha value is -0.340. The molecule has 0 aromatic carbocycles. The van der Waals surface area contributed by atoms with Gasteiger partial charge in [-0.25, -0.2) is 0 Å². The monoisotopic (exact) mass is 222 g/mol. The van der Waals surface area contributed by atoms with Crippen molar-refractivity contribution in [2.45, 2.75) is 40.2 Å². The van der Waals surface area contributed by atoms with E-state index in [0.717, 1.165) is 25.4 Å². The largest absolute Gasteiger partial charge is 0.324 e. The first-order valence-corrected chi connectivity index (χ1v) is 6.50. The number of nitrogens with two attached hydrogens (primary N) is 1. The summed E-state index contributed by atoms with van der Waals surface area (Å²) in [5.41, 5.74) is 6.84. The van der Waals surface area contributed by atoms with Crippen molar-refractivity contribution in [2.24, 2.45) is 28.4 Å². The second-order valence-corrected chi connectivity index (χ2v) is 6.70. The minimum absolute atomic E-state index is 0.292. The van der Waals surface area contributed by atoms with Crippen molar-refractivity contribution in [1.82, 2.24) is 5.32 Å². The maximum absolute atomic E-state index is 5.84. The molecule has 0 saturated heterocycles. The van der Waals surface area contributed by atoms with Crippen LogP contribution in [0.1, 0.15) is 34.1 Å². The SMILES string of the molecule is CC1(C)C(CNCC2C=CC(N)C2)C1(C)C. The van der Waals surface area contributed by atoms with Crippen LogP contribution in [-0.2, 0) is 0 Å². The molecule has 2 atom stereocenters. The number of hydrogen-bond acceptors (Lipinski definition) is 2. The highest BCUT2D eigenvalue weighted by Crippen LogP contribution is 2.67. The van der Waals surface area contributed by atoms with Crippen LogP contribution in [0.3, 0.4) is 0 Å². The molecule has 3 N–H and O–H groups in total. The fraction of sp³-hybridized carbons (Fsp3) is 0.857. The highest BCUT2D eigenvalue weighted by molar-refractivity contribution is 5.13. The van der Waals surface area contributed by atoms with Gasteiger partial charge in [0.05, 0.1) is 0 Å². The molecule has 92 valence electrons. The molecule has 2 aliphatic rings. The van der Waals surface area contributed by atoms with Gasteiger partial charge in [0, 0.05) is 12.6 Å². The van der Waals surface area contributed by atoms with Crippen molar-refractivity contribution in [3.63, 3.8) is 0 Å². The molecule has 0 spiro atoms. The molecule has 0 amide bonds. The first kappa shape index (κ1) is 12.1. The molecule has 2 aliphatic carbocycles. The zero-order valence-corrected chi connectivity index (χ0v) is 11.1. The minimum Gasteiger partial charge on any atom is -0.324 e. The summed E-state index contributed by atoms with van der Waals surface area (Å²) >= 11 is 0. The smallest absolute Gasteiger partial charge is 0.0229 e. The Balaban J connectivity index is 1.69. The summed E-state index contributed by atoms with van der Waals surface area (Å²) in [6, 6.07) is 0.292. The molecule has 0 aromatic rings. The fourth-order valence-electron chi connectivity index (χ4n) is 3.21. The van der Waals surface area contributed by atoms with E-state index in [1.807, 2.05) is 0 Å². The van der Waals surface area contributed by atoms with Crippen molar-refractivity contribution in [2.75, 3.05) is 13.1 Å². The van der Waals surface area contributed by atoms with Crippen molar-refractivity contribution in [3.05, 3.63) is 12.2 Å². The van der Waals surface area contributed by atoms with Crippen molar-refractivity contribution < 1.29 is 0 Å². The molecule has 2 heteroatoms. The molecule has 0 aromatic heterocycles. The molecule has 0 heterocycles. The molecule has 1 saturated carbocycles. The Morgan fingerprint density at radius 2 is 1.75 bits per heavy atom. The minimum atomic E-state index is 0.292. The van der Waals surface area contributed by atoms with E-state index in [1.165, 1.54) is 0 Å². The van der Waals surface area contributed by atoms with Gasteiger partial charge in [-0.05, 0) is 35.6 Å². The third-order valence-corrected chi connectivity index (χ3v) is 5.28. The van der Waals surface area contributed by atoms with E-state index < -0.39 is 0 Å². The molecular weight excluding hydrogens is 196 g/mol. The summed E-state index contributed by atoms with van der Waals surface area (Å²) in [5.74, 6) is 1.47. The van der Waals surface area contributed by atoms with Gasteiger partial charge in [0.1, 0.15) is 0 Å². The van der Waals surface area contributed by atoms with Gasteiger partial charge in [0.2, 0.25) is 0 Å². The van der Waals surface area contributed by atoms with Crippen LogP contribution in [0.2, 0.25) is 0 Å². The highest BCUT2D eigenvalue weighted by atomic mass is 14.9. The van der Waals surface area contributed by atoms with Crippen LogP contribution in [0.15, 0.2) is 12.2 Å². The van der Waals surface area contributed by atoms with Crippen LogP contribution in [0, 0.1) is 22.7 Å². The van der Waals surface area contributed by atoms with E-state index in [4.69, 9.17) is 5.73 Å². The lowest BCUT2D eigenvalue weighted by Crippen LogP contribution is -2.26. The second kappa shape index (κ2) is 3.85. The number of hydrogen-bond donors (Lipinski definition) is 2. The number of nitrogens with one attached hydrogen (secondary N) is 1. The van der Waals surface area contributed by atoms with E-state index in [-0.39, 0.29) is 0 Å². The molecular formula is C14H26N2. The summed E-state index contributed by atoms with van der Waals surface area (Å²) in [5, 5.41) is 3.61. The lowest BCUT2D eigenvalue weighted by Gasteiger charge is -2.11. The Morgan fingerprint density at radius 3 is 2.19 bits per heavy atom. The van der Waals surface area contributed by atoms with E-state index >= 15 is 0 Å². The molecule has 2 unspecified atom stereocenters. The first-order chi connectivity index (χ1) is 7.35. The average molecular weight is 222 g/mol. The summed E-state index contributed by atoms with van der Waals surface area (Å²) < 4.78 is 0. The normalized spacial score (nSPS) is 35.6. The predicted molar refractivity (Wildman–Crippen MR) is 69.1 cm³/mol. The van der Waals surface area contributed by atoms with Crippen LogP contribution in [-0.4, -0.2) is 19.1 Å². The van der Waals surface area contributed by atoms with Gasteiger partial charge in [0.25, 0.3) is 0 Å². The number of rotatable bonds is 4. The summed E-state index contributed by atoms with van der Waals surface area (Å²) in [6.07, 6.45) is 5.52. The van der Waals surface area contributed by atoms with E-state index in [9.17, 15) is 0 Å². The molecule has 2 rings (SSSR count). The lowest BCUT2D eigenvalue weighted by molar-refractivity contribution is 0.457. The Morgan fingerprint density at radius 1 is 1.12 bits per heavy atom. The predicted octanol–water partition coefficient (Wildman–Crippen LogP) is 2.16. The van der Waals surface area contributed by atoms with E-state index in [0.29, 0.717) is 22.8 Å². The zero-order valence-electron chi connectivity index (χ0n) is 11.1. The maximum atomic E-state index is 5.84. The van der Waals surface area contributed by atoms with Crippen molar-refractivity contribution >= 4 is 0 Å². The molecule has 1 fully saturated rings. The van der Waals surface area contributed by atoms with E-state index in [1.54, 1.807) is 0 Å². The first-order valence-electron chi connectivity index (χ1n) is 6.50. The molecule has 16 heavy (non-hydrogen) atoms. The Kier molecular flexibility index (Phi) is 2.92. The second-order valence-electron chi connectivity index (χ2n) is 6.70. The lowest BCUT2D eigenvalue weighted by atomic mass is 10.0. The molecule has 0 bridgehead atoms. The van der Waals surface area contributed by atoms with Crippen molar-refractivity contribution in [3.8, 4) is 0 Å². The standard InChI is InChI=1S/C14H26N2/c1-13(2)12(14(13,3)4)9-16-8-10-5-6-11(15)7-10/h5-6,10-12,16H,7-9,15H2,1-4H3. The van der Waals surface area contributed by atoms with Gasteiger partial charge in [0.15, 0.2) is 0 Å². The van der Waals surface area contributed by atoms with Gasteiger partial charge in [-0.2, -0.15) is 0 Å². The van der Waals surface area contributed by atoms with Crippen LogP contribution >= 0.6 is 0 Å². The summed E-state index contributed by atoms with van der Waals surface area (Å²) in [7, 11) is 0. The fourth-order valence-corrected chi connectivity index (χ4v) is 3.21. The third kappa shape index (κ3) is 1.93. The zero-order chi connectivity index (χ0) is 12.0. The highest BCUT2D eigenvalue weighted by Gasteiger charge is 2.63. The van der Waals surface area contributed by atoms with Crippen molar-refractivity contribution in [1.29, 1.82) is 0 Å². The molecule has 2 nitrogen and oxygen atoms in total. The Bertz CT molecular complexity index is 277. The van der Waals surface area contributed by atoms with Crippen LogP contribution in [0.25, 0.3) is 0 Å². The molecule has 0 aliphatic heterocycles. The van der Waals surface area contributed by atoms with Gasteiger partial charge in [-0.15, -0.1) is 0 Å². The maximum Gasteiger partial charge on any atom is 0.0229 e. The van der Waals surface area contributed by atoms with E-state index in [2.05, 4.69) is 45.2 Å². The Labute approximate surface area is 99.7 Å². The summed E-state index contributed by atoms with van der Waals surface area (Å²) in [4.78, 5) is 0. The van der Waals surface area contributed by atoms with Gasteiger partial charge in [-0.1, -0.05) is 39.8 Å². The topological polar surface area (TPSA) is 38.0 Å². The van der Waals surface area contributed by atoms with Crippen LogP contribution in [0.4, 0.5) is 0 Å². The third-order valence-electron chi connectivity index (χ3n) is 5.28. The van der Waals surface area contributed by atoms with Gasteiger partial charge in [-0.3, -0.25) is 0 Å². The quantitative estimate of drug-likeness (QED) is 0.715. The average Bonchev–Trinajstić information content (AvgIpc) is 2.53. The van der Waals surface area contributed by atoms with Crippen LogP contribution < -0.4 is 11.1 Å².